The molecule has 2 aliphatic rings. The normalized spacial score (nSPS) is 18.7. The van der Waals surface area contributed by atoms with Gasteiger partial charge < -0.3 is 0 Å². The standard InChI is InChI=1S/2C5H5.2CO.Ti/c2*1-2-4-5-3-1;2*1-2;/h2*1-5H;;;. The van der Waals surface area contributed by atoms with Gasteiger partial charge in [0.05, 0.1) is 0 Å². The summed E-state index contributed by atoms with van der Waals surface area (Å²) in [4.78, 5) is 22.4. The first kappa shape index (κ1) is 10.4. The monoisotopic (exact) mass is 234 g/mol. The second-order valence-electron chi connectivity index (χ2n) is 3.66. The van der Waals surface area contributed by atoms with Crippen LogP contribution in [0.15, 0.2) is 48.6 Å². The van der Waals surface area contributed by atoms with E-state index < -0.39 is 15.7 Å². The first-order valence-corrected chi connectivity index (χ1v) is 8.18. The summed E-state index contributed by atoms with van der Waals surface area (Å²) >= 11 is -3.40. The van der Waals surface area contributed by atoms with Gasteiger partial charge in [-0.25, -0.2) is 0 Å². The molecule has 0 bridgehead atoms. The summed E-state index contributed by atoms with van der Waals surface area (Å²) in [5.41, 5.74) is 0. The molecule has 0 fully saturated rings. The molecule has 74 valence electrons. The van der Waals surface area contributed by atoms with Crippen LogP contribution in [0.1, 0.15) is 0 Å². The van der Waals surface area contributed by atoms with E-state index in [9.17, 15) is 9.59 Å². The van der Waals surface area contributed by atoms with Crippen molar-refractivity contribution in [3.8, 4) is 0 Å². The van der Waals surface area contributed by atoms with Gasteiger partial charge in [-0.2, -0.15) is 0 Å². The molecule has 0 heterocycles. The van der Waals surface area contributed by atoms with Gasteiger partial charge >= 0.3 is 90.7 Å². The van der Waals surface area contributed by atoms with Crippen molar-refractivity contribution in [1.29, 1.82) is 0 Å². The topological polar surface area (TPSA) is 34.1 Å². The summed E-state index contributed by atoms with van der Waals surface area (Å²) < 4.78 is 4.03. The SMILES string of the molecule is O=[C]=[Ti](=[C]=O)([CH]1C=CC=C1)[CH]1C=CC=C1. The zero-order valence-electron chi connectivity index (χ0n) is 8.09. The van der Waals surface area contributed by atoms with Crippen molar-refractivity contribution in [2.75, 3.05) is 0 Å². The van der Waals surface area contributed by atoms with Crippen LogP contribution in [0.5, 0.6) is 0 Å². The van der Waals surface area contributed by atoms with Gasteiger partial charge in [0.15, 0.2) is 0 Å². The van der Waals surface area contributed by atoms with Gasteiger partial charge in [0.25, 0.3) is 0 Å². The molecule has 2 aliphatic carbocycles. The second kappa shape index (κ2) is 4.14. The van der Waals surface area contributed by atoms with E-state index in [0.717, 1.165) is 0 Å². The third-order valence-electron chi connectivity index (χ3n) is 2.89. The molecular formula is C12H10O2Ti. The molecule has 3 heteroatoms. The van der Waals surface area contributed by atoms with E-state index in [-0.39, 0.29) is 8.45 Å². The molecule has 0 aliphatic heterocycles. The van der Waals surface area contributed by atoms with Crippen LogP contribution < -0.4 is 0 Å². The van der Waals surface area contributed by atoms with Gasteiger partial charge in [-0.1, -0.05) is 0 Å². The molecule has 0 unspecified atom stereocenters. The Morgan fingerprint density at radius 2 is 1.07 bits per heavy atom. The molecule has 0 spiro atoms. The summed E-state index contributed by atoms with van der Waals surface area (Å²) in [5.74, 6) is 0. The number of rotatable bonds is 2. The van der Waals surface area contributed by atoms with Crippen LogP contribution in [-0.2, 0) is 25.3 Å². The molecule has 0 N–H and O–H groups in total. The summed E-state index contributed by atoms with van der Waals surface area (Å²) in [5, 5.41) is 0. The molecule has 0 saturated heterocycles. The zero-order valence-corrected chi connectivity index (χ0v) is 9.65. The van der Waals surface area contributed by atoms with E-state index in [1.165, 1.54) is 0 Å². The molecule has 0 saturated carbocycles. The summed E-state index contributed by atoms with van der Waals surface area (Å²) in [6, 6.07) is 0. The van der Waals surface area contributed by atoms with Crippen molar-refractivity contribution in [2.24, 2.45) is 0 Å². The summed E-state index contributed by atoms with van der Waals surface area (Å²) in [6.45, 7) is 0. The van der Waals surface area contributed by atoms with Crippen LogP contribution >= 0.6 is 0 Å². The summed E-state index contributed by atoms with van der Waals surface area (Å²) in [7, 11) is 0. The van der Waals surface area contributed by atoms with E-state index in [1.807, 2.05) is 48.6 Å². The van der Waals surface area contributed by atoms with Crippen LogP contribution in [0.2, 0.25) is 8.45 Å². The molecule has 0 aromatic rings. The van der Waals surface area contributed by atoms with Gasteiger partial charge in [0.2, 0.25) is 0 Å². The van der Waals surface area contributed by atoms with Crippen LogP contribution in [0.25, 0.3) is 0 Å². The van der Waals surface area contributed by atoms with Crippen molar-refractivity contribution in [3.63, 3.8) is 0 Å². The Hall–Kier alpha value is -1.17. The van der Waals surface area contributed by atoms with Crippen LogP contribution in [0, 0.1) is 0 Å². The number of hydrogen-bond donors (Lipinski definition) is 0. The predicted octanol–water partition coefficient (Wildman–Crippen LogP) is 2.10. The zero-order chi connectivity index (χ0) is 10.7. The predicted molar refractivity (Wildman–Crippen MR) is 55.4 cm³/mol. The number of carbonyl (C=O) groups excluding carboxylic acids is 2. The van der Waals surface area contributed by atoms with Gasteiger partial charge in [0, 0.05) is 0 Å². The van der Waals surface area contributed by atoms with Gasteiger partial charge in [-0.15, -0.1) is 0 Å². The molecular weight excluding hydrogens is 224 g/mol. The van der Waals surface area contributed by atoms with Crippen molar-refractivity contribution >= 4 is 8.36 Å². The van der Waals surface area contributed by atoms with E-state index >= 15 is 0 Å². The molecule has 0 atom stereocenters. The fourth-order valence-corrected chi connectivity index (χ4v) is 6.19. The summed E-state index contributed by atoms with van der Waals surface area (Å²) in [6.07, 6.45) is 15.2. The Labute approximate surface area is 90.7 Å². The first-order valence-electron chi connectivity index (χ1n) is 4.82. The number of hydrogen-bond acceptors (Lipinski definition) is 2. The van der Waals surface area contributed by atoms with Crippen molar-refractivity contribution in [1.82, 2.24) is 0 Å². The van der Waals surface area contributed by atoms with E-state index in [4.69, 9.17) is 0 Å². The van der Waals surface area contributed by atoms with E-state index in [1.54, 1.807) is 0 Å². The third-order valence-corrected chi connectivity index (χ3v) is 8.43. The first-order chi connectivity index (χ1) is 7.33. The average Bonchev–Trinajstić information content (AvgIpc) is 2.92. The maximum absolute atomic E-state index is 11.2. The van der Waals surface area contributed by atoms with Gasteiger partial charge in [-0.05, 0) is 0 Å². The Kier molecular flexibility index (Phi) is 2.86. The molecule has 15 heavy (non-hydrogen) atoms. The van der Waals surface area contributed by atoms with E-state index in [0.29, 0.717) is 0 Å². The number of allylic oxidation sites excluding steroid dienone is 8. The quantitative estimate of drug-likeness (QED) is 0.685. The molecule has 2 rings (SSSR count). The Morgan fingerprint density at radius 3 is 1.33 bits per heavy atom. The molecule has 0 amide bonds. The van der Waals surface area contributed by atoms with Crippen molar-refractivity contribution in [3.05, 3.63) is 48.6 Å². The Bertz CT molecular complexity index is 466. The fourth-order valence-electron chi connectivity index (χ4n) is 1.99. The van der Waals surface area contributed by atoms with Crippen molar-refractivity contribution in [2.45, 2.75) is 8.45 Å². The fraction of sp³-hybridized carbons (Fsp3) is 0.167. The van der Waals surface area contributed by atoms with Gasteiger partial charge in [0.1, 0.15) is 0 Å². The van der Waals surface area contributed by atoms with Crippen LogP contribution in [0.4, 0.5) is 0 Å². The van der Waals surface area contributed by atoms with Crippen LogP contribution in [0.3, 0.4) is 0 Å². The molecule has 0 aromatic carbocycles. The molecule has 0 radical (unpaired) electrons. The second-order valence-corrected chi connectivity index (χ2v) is 9.10. The average molecular weight is 234 g/mol. The van der Waals surface area contributed by atoms with Crippen LogP contribution in [-0.4, -0.2) is 8.36 Å². The van der Waals surface area contributed by atoms with Gasteiger partial charge in [-0.3, -0.25) is 0 Å². The minimum absolute atomic E-state index is 0.0441. The Morgan fingerprint density at radius 1 is 0.733 bits per heavy atom. The molecule has 2 nitrogen and oxygen atoms in total. The maximum atomic E-state index is 11.2. The minimum atomic E-state index is -3.40. The Balaban J connectivity index is 2.61. The molecule has 0 aromatic heterocycles. The van der Waals surface area contributed by atoms with Crippen molar-refractivity contribution < 1.29 is 25.3 Å². The third kappa shape index (κ3) is 1.58. The van der Waals surface area contributed by atoms with E-state index in [2.05, 4.69) is 8.36 Å².